The lowest BCUT2D eigenvalue weighted by Gasteiger charge is -2.06. The Morgan fingerprint density at radius 2 is 1.13 bits per heavy atom. The Morgan fingerprint density at radius 1 is 0.613 bits per heavy atom. The molecule has 5 rings (SSSR count). The molecule has 0 N–H and O–H groups in total. The molecule has 2 aromatic heterocycles. The second kappa shape index (κ2) is 15.0. The molecule has 3 aromatic carbocycles. The zero-order valence-corrected chi connectivity index (χ0v) is 21.1. The standard InChI is InChI=1S/C18H10N2O.5C2H6/c21-18-13-8-4-6-11-5-3-7-12(16(11)13)17-19-14-9-1-2-10-15(14)20(17)18;5*1-2/h1-10H;5*1-2H3. The van der Waals surface area contributed by atoms with Gasteiger partial charge in [0.15, 0.2) is 0 Å². The maximum atomic E-state index is 12.9. The van der Waals surface area contributed by atoms with Gasteiger partial charge in [0.05, 0.1) is 11.0 Å². The molecule has 31 heavy (non-hydrogen) atoms. The molecule has 0 unspecified atom stereocenters. The van der Waals surface area contributed by atoms with Gasteiger partial charge in [-0.15, -0.1) is 0 Å². The number of benzene rings is 3. The molecule has 3 nitrogen and oxygen atoms in total. The topological polar surface area (TPSA) is 34.4 Å². The third-order valence-corrected chi connectivity index (χ3v) is 4.14. The van der Waals surface area contributed by atoms with Crippen LogP contribution in [0.3, 0.4) is 0 Å². The van der Waals surface area contributed by atoms with E-state index < -0.39 is 0 Å². The summed E-state index contributed by atoms with van der Waals surface area (Å²) in [4.78, 5) is 17.6. The number of hydrogen-bond donors (Lipinski definition) is 0. The van der Waals surface area contributed by atoms with Gasteiger partial charge in [0.2, 0.25) is 0 Å². The first-order valence-electron chi connectivity index (χ1n) is 11.9. The normalized spacial score (nSPS) is 9.10. The lowest BCUT2D eigenvalue weighted by atomic mass is 10.0. The molecule has 2 heterocycles. The predicted molar refractivity (Wildman–Crippen MR) is 142 cm³/mol. The highest BCUT2D eigenvalue weighted by Gasteiger charge is 2.14. The van der Waals surface area contributed by atoms with Gasteiger partial charge >= 0.3 is 0 Å². The van der Waals surface area contributed by atoms with Crippen molar-refractivity contribution in [2.45, 2.75) is 69.2 Å². The van der Waals surface area contributed by atoms with Crippen LogP contribution in [0.4, 0.5) is 0 Å². The van der Waals surface area contributed by atoms with E-state index in [-0.39, 0.29) is 5.56 Å². The highest BCUT2D eigenvalue weighted by atomic mass is 16.1. The Hall–Kier alpha value is -2.94. The Bertz CT molecular complexity index is 1200. The molecular weight excluding hydrogens is 380 g/mol. The van der Waals surface area contributed by atoms with E-state index in [0.717, 1.165) is 38.2 Å². The zero-order valence-electron chi connectivity index (χ0n) is 21.1. The minimum absolute atomic E-state index is 0.00278. The van der Waals surface area contributed by atoms with Crippen molar-refractivity contribution in [2.75, 3.05) is 0 Å². The molecule has 0 saturated carbocycles. The highest BCUT2D eigenvalue weighted by Crippen LogP contribution is 2.29. The smallest absolute Gasteiger partial charge is 0.264 e. The van der Waals surface area contributed by atoms with E-state index in [2.05, 4.69) is 4.98 Å². The van der Waals surface area contributed by atoms with Gasteiger partial charge in [0.1, 0.15) is 5.65 Å². The van der Waals surface area contributed by atoms with Crippen LogP contribution in [0.25, 0.3) is 38.2 Å². The van der Waals surface area contributed by atoms with Crippen LogP contribution < -0.4 is 5.56 Å². The summed E-state index contributed by atoms with van der Waals surface area (Å²) in [5.74, 6) is 0. The number of aromatic nitrogens is 2. The van der Waals surface area contributed by atoms with Crippen LogP contribution in [0.2, 0.25) is 0 Å². The van der Waals surface area contributed by atoms with Gasteiger partial charge in [-0.2, -0.15) is 0 Å². The number of para-hydroxylation sites is 2. The SMILES string of the molecule is CC.CC.CC.CC.CC.O=c1c2cccc3cccc(c32)c2nc3ccccc3n12. The fourth-order valence-corrected chi connectivity index (χ4v) is 3.24. The van der Waals surface area contributed by atoms with Crippen LogP contribution in [0, 0.1) is 0 Å². The predicted octanol–water partition coefficient (Wildman–Crippen LogP) is 8.72. The first-order valence-corrected chi connectivity index (χ1v) is 11.9. The van der Waals surface area contributed by atoms with E-state index >= 15 is 0 Å². The van der Waals surface area contributed by atoms with Gasteiger partial charge < -0.3 is 0 Å². The van der Waals surface area contributed by atoms with Gasteiger partial charge in [-0.05, 0) is 23.6 Å². The summed E-state index contributed by atoms with van der Waals surface area (Å²) in [5, 5.41) is 3.86. The van der Waals surface area contributed by atoms with Crippen LogP contribution >= 0.6 is 0 Å². The summed E-state index contributed by atoms with van der Waals surface area (Å²) in [6.45, 7) is 20.0. The van der Waals surface area contributed by atoms with Crippen molar-refractivity contribution >= 4 is 38.2 Å². The summed E-state index contributed by atoms with van der Waals surface area (Å²) >= 11 is 0. The summed E-state index contributed by atoms with van der Waals surface area (Å²) in [5.41, 5.74) is 2.46. The second-order valence-electron chi connectivity index (χ2n) is 5.27. The first-order chi connectivity index (χ1) is 15.3. The molecule has 168 valence electrons. The number of pyridine rings is 1. The Kier molecular flexibility index (Phi) is 13.5. The van der Waals surface area contributed by atoms with Crippen molar-refractivity contribution in [3.63, 3.8) is 0 Å². The second-order valence-corrected chi connectivity index (χ2v) is 5.27. The maximum Gasteiger partial charge on any atom is 0.264 e. The molecule has 0 radical (unpaired) electrons. The third kappa shape index (κ3) is 5.41. The van der Waals surface area contributed by atoms with E-state index in [0.29, 0.717) is 0 Å². The highest BCUT2D eigenvalue weighted by molar-refractivity contribution is 6.15. The average Bonchev–Trinajstić information content (AvgIpc) is 3.29. The van der Waals surface area contributed by atoms with Gasteiger partial charge in [-0.3, -0.25) is 9.20 Å². The summed E-state index contributed by atoms with van der Waals surface area (Å²) < 4.78 is 1.73. The molecule has 0 atom stereocenters. The fraction of sp³-hybridized carbons (Fsp3) is 0.357. The lowest BCUT2D eigenvalue weighted by molar-refractivity contribution is 1.19. The quantitative estimate of drug-likeness (QED) is 0.251. The van der Waals surface area contributed by atoms with E-state index in [1.807, 2.05) is 130 Å². The zero-order chi connectivity index (χ0) is 24.0. The summed E-state index contributed by atoms with van der Waals surface area (Å²) in [6, 6.07) is 19.7. The largest absolute Gasteiger partial charge is 0.268 e. The number of fused-ring (bicyclic) bond motifs is 4. The molecule has 0 aliphatic carbocycles. The lowest BCUT2D eigenvalue weighted by Crippen LogP contribution is -2.13. The van der Waals surface area contributed by atoms with Crippen molar-refractivity contribution in [2.24, 2.45) is 0 Å². The monoisotopic (exact) mass is 420 g/mol. The minimum atomic E-state index is 0.00278. The van der Waals surface area contributed by atoms with E-state index in [4.69, 9.17) is 0 Å². The number of rotatable bonds is 0. The molecular formula is C28H40N2O. The Labute approximate surface area is 188 Å². The molecule has 0 aliphatic rings. The fourth-order valence-electron chi connectivity index (χ4n) is 3.24. The summed E-state index contributed by atoms with van der Waals surface area (Å²) in [6.07, 6.45) is 0. The summed E-state index contributed by atoms with van der Waals surface area (Å²) in [7, 11) is 0. The molecule has 0 amide bonds. The molecule has 0 bridgehead atoms. The van der Waals surface area contributed by atoms with Gasteiger partial charge in [0.25, 0.3) is 5.56 Å². The van der Waals surface area contributed by atoms with E-state index in [9.17, 15) is 4.79 Å². The maximum absolute atomic E-state index is 12.9. The van der Waals surface area contributed by atoms with Crippen LogP contribution in [-0.2, 0) is 0 Å². The molecule has 0 aliphatic heterocycles. The number of hydrogen-bond acceptors (Lipinski definition) is 2. The molecule has 5 aromatic rings. The van der Waals surface area contributed by atoms with Crippen LogP contribution in [0.1, 0.15) is 69.2 Å². The number of nitrogens with zero attached hydrogens (tertiary/aromatic N) is 2. The Balaban J connectivity index is 0.000000802. The van der Waals surface area contributed by atoms with Gasteiger partial charge in [-0.1, -0.05) is 112 Å². The van der Waals surface area contributed by atoms with Gasteiger partial charge in [0, 0.05) is 16.2 Å². The van der Waals surface area contributed by atoms with Gasteiger partial charge in [-0.25, -0.2) is 4.98 Å². The third-order valence-electron chi connectivity index (χ3n) is 4.14. The number of imidazole rings is 1. The molecule has 3 heteroatoms. The molecule has 0 saturated heterocycles. The Morgan fingerprint density at radius 3 is 1.71 bits per heavy atom. The minimum Gasteiger partial charge on any atom is -0.268 e. The van der Waals surface area contributed by atoms with E-state index in [1.165, 1.54) is 0 Å². The van der Waals surface area contributed by atoms with Crippen molar-refractivity contribution in [3.8, 4) is 0 Å². The van der Waals surface area contributed by atoms with E-state index in [1.54, 1.807) is 4.40 Å². The molecule has 0 spiro atoms. The van der Waals surface area contributed by atoms with Crippen LogP contribution in [-0.4, -0.2) is 9.38 Å². The van der Waals surface area contributed by atoms with Crippen LogP contribution in [0.15, 0.2) is 65.5 Å². The molecule has 0 fully saturated rings. The first kappa shape index (κ1) is 28.1. The van der Waals surface area contributed by atoms with Crippen molar-refractivity contribution in [1.29, 1.82) is 0 Å². The van der Waals surface area contributed by atoms with Crippen molar-refractivity contribution in [1.82, 2.24) is 9.38 Å². The van der Waals surface area contributed by atoms with Crippen molar-refractivity contribution < 1.29 is 0 Å². The van der Waals surface area contributed by atoms with Crippen molar-refractivity contribution in [3.05, 3.63) is 71.0 Å². The average molecular weight is 421 g/mol. The van der Waals surface area contributed by atoms with Crippen LogP contribution in [0.5, 0.6) is 0 Å².